The van der Waals surface area contributed by atoms with Crippen LogP contribution in [0, 0.1) is 0 Å². The van der Waals surface area contributed by atoms with E-state index in [1.54, 1.807) is 24.3 Å². The fourth-order valence-corrected chi connectivity index (χ4v) is 2.75. The van der Waals surface area contributed by atoms with E-state index in [4.69, 9.17) is 5.73 Å². The second-order valence-electron chi connectivity index (χ2n) is 2.84. The zero-order valence-electron chi connectivity index (χ0n) is 7.60. The average Bonchev–Trinajstić information content (AvgIpc) is 1.99. The first-order chi connectivity index (χ1) is 6.89. The summed E-state index contributed by atoms with van der Waals surface area (Å²) in [5, 5.41) is 0. The van der Waals surface area contributed by atoms with Gasteiger partial charge in [0.2, 0.25) is 10.0 Å². The van der Waals surface area contributed by atoms with Crippen LogP contribution in [0.1, 0.15) is 0 Å². The Hall–Kier alpha value is -0.660. The van der Waals surface area contributed by atoms with Gasteiger partial charge in [-0.3, -0.25) is 4.72 Å². The minimum atomic E-state index is -3.49. The minimum Gasteiger partial charge on any atom is -0.392 e. The minimum absolute atomic E-state index is 0.0579. The molecule has 0 saturated carbocycles. The van der Waals surface area contributed by atoms with Crippen LogP contribution in [0.2, 0.25) is 0 Å². The molecular formula is C8H9BrN2O2S2. The Balaban J connectivity index is 2.82. The van der Waals surface area contributed by atoms with Gasteiger partial charge in [0, 0.05) is 10.2 Å². The Bertz CT molecular complexity index is 473. The number of hydrogen-bond donors (Lipinski definition) is 2. The van der Waals surface area contributed by atoms with Crippen molar-refractivity contribution in [3.8, 4) is 0 Å². The van der Waals surface area contributed by atoms with Gasteiger partial charge in [-0.2, -0.15) is 0 Å². The number of rotatable bonds is 4. The molecule has 0 fully saturated rings. The van der Waals surface area contributed by atoms with E-state index >= 15 is 0 Å². The first-order valence-electron chi connectivity index (χ1n) is 3.93. The molecule has 0 unspecified atom stereocenters. The van der Waals surface area contributed by atoms with Crippen molar-refractivity contribution in [2.45, 2.75) is 0 Å². The molecular weight excluding hydrogens is 300 g/mol. The molecule has 0 aliphatic carbocycles. The largest absolute Gasteiger partial charge is 0.392 e. The predicted molar refractivity (Wildman–Crippen MR) is 68.3 cm³/mol. The summed E-state index contributed by atoms with van der Waals surface area (Å²) >= 11 is 7.77. The maximum absolute atomic E-state index is 11.4. The van der Waals surface area contributed by atoms with Gasteiger partial charge in [-0.15, -0.1) is 0 Å². The number of halogens is 1. The molecule has 0 aliphatic rings. The molecule has 0 aromatic heterocycles. The van der Waals surface area contributed by atoms with Crippen molar-refractivity contribution in [3.05, 3.63) is 28.7 Å². The number of benzene rings is 1. The highest BCUT2D eigenvalue weighted by Crippen LogP contribution is 2.16. The summed E-state index contributed by atoms with van der Waals surface area (Å²) in [6.07, 6.45) is 0. The van der Waals surface area contributed by atoms with Crippen molar-refractivity contribution in [1.29, 1.82) is 0 Å². The first-order valence-corrected chi connectivity index (χ1v) is 6.79. The summed E-state index contributed by atoms with van der Waals surface area (Å²) in [6.45, 7) is 0. The van der Waals surface area contributed by atoms with Crippen LogP contribution in [0.25, 0.3) is 0 Å². The zero-order valence-corrected chi connectivity index (χ0v) is 10.8. The quantitative estimate of drug-likeness (QED) is 0.826. The molecule has 1 aromatic carbocycles. The van der Waals surface area contributed by atoms with E-state index in [1.807, 2.05) is 0 Å². The lowest BCUT2D eigenvalue weighted by Gasteiger charge is -2.06. The van der Waals surface area contributed by atoms with Crippen LogP contribution in [0.4, 0.5) is 5.69 Å². The number of nitrogens with one attached hydrogen (secondary N) is 1. The van der Waals surface area contributed by atoms with Crippen LogP contribution in [-0.4, -0.2) is 19.2 Å². The highest BCUT2D eigenvalue weighted by Gasteiger charge is 2.11. The topological polar surface area (TPSA) is 72.2 Å². The molecule has 0 heterocycles. The standard InChI is InChI=1S/C8H9BrN2O2S2/c9-6-2-1-3-7(4-6)11-15(12,13)5-8(10)14/h1-4,11H,5H2,(H2,10,14). The highest BCUT2D eigenvalue weighted by atomic mass is 79.9. The van der Waals surface area contributed by atoms with Gasteiger partial charge in [0.1, 0.15) is 5.75 Å². The monoisotopic (exact) mass is 308 g/mol. The number of nitrogens with two attached hydrogens (primary N) is 1. The molecule has 15 heavy (non-hydrogen) atoms. The molecule has 0 bridgehead atoms. The predicted octanol–water partition coefficient (Wildman–Crippen LogP) is 1.48. The third-order valence-corrected chi connectivity index (χ3v) is 3.49. The molecule has 0 spiro atoms. The van der Waals surface area contributed by atoms with Crippen molar-refractivity contribution >= 4 is 48.8 Å². The molecule has 0 amide bonds. The summed E-state index contributed by atoms with van der Waals surface area (Å²) in [5.74, 6) is -0.352. The fraction of sp³-hybridized carbons (Fsp3) is 0.125. The summed E-state index contributed by atoms with van der Waals surface area (Å²) in [4.78, 5) is -0.0579. The Morgan fingerprint density at radius 3 is 2.73 bits per heavy atom. The van der Waals surface area contributed by atoms with Crippen molar-refractivity contribution < 1.29 is 8.42 Å². The van der Waals surface area contributed by atoms with Crippen LogP contribution < -0.4 is 10.5 Å². The maximum Gasteiger partial charge on any atom is 0.239 e. The average molecular weight is 309 g/mol. The normalized spacial score (nSPS) is 11.0. The first kappa shape index (κ1) is 12.4. The molecule has 7 heteroatoms. The number of sulfonamides is 1. The van der Waals surface area contributed by atoms with Gasteiger partial charge in [-0.05, 0) is 18.2 Å². The lowest BCUT2D eigenvalue weighted by molar-refractivity contribution is 0.605. The molecule has 82 valence electrons. The summed E-state index contributed by atoms with van der Waals surface area (Å²) in [6, 6.07) is 6.81. The fourth-order valence-electron chi connectivity index (χ4n) is 0.955. The molecule has 3 N–H and O–H groups in total. The third-order valence-electron chi connectivity index (χ3n) is 1.43. The van der Waals surface area contributed by atoms with E-state index in [0.717, 1.165) is 4.47 Å². The van der Waals surface area contributed by atoms with Gasteiger partial charge >= 0.3 is 0 Å². The van der Waals surface area contributed by atoms with Crippen molar-refractivity contribution in [2.24, 2.45) is 5.73 Å². The maximum atomic E-state index is 11.4. The molecule has 4 nitrogen and oxygen atoms in total. The third kappa shape index (κ3) is 4.59. The molecule has 0 atom stereocenters. The van der Waals surface area contributed by atoms with Crippen LogP contribution in [0.3, 0.4) is 0 Å². The summed E-state index contributed by atoms with van der Waals surface area (Å²) in [7, 11) is -3.49. The number of hydrogen-bond acceptors (Lipinski definition) is 3. The molecule has 0 aliphatic heterocycles. The van der Waals surface area contributed by atoms with Gasteiger partial charge < -0.3 is 5.73 Å². The summed E-state index contributed by atoms with van der Waals surface area (Å²) < 4.78 is 26.0. The Labute approximate surface area is 102 Å². The molecule has 0 saturated heterocycles. The Morgan fingerprint density at radius 1 is 1.53 bits per heavy atom. The highest BCUT2D eigenvalue weighted by molar-refractivity contribution is 9.10. The van der Waals surface area contributed by atoms with E-state index in [0.29, 0.717) is 5.69 Å². The van der Waals surface area contributed by atoms with Crippen LogP contribution in [-0.2, 0) is 10.0 Å². The molecule has 1 rings (SSSR count). The van der Waals surface area contributed by atoms with E-state index in [1.165, 1.54) is 0 Å². The van der Waals surface area contributed by atoms with Crippen LogP contribution in [0.5, 0.6) is 0 Å². The number of anilines is 1. The molecule has 1 aromatic rings. The van der Waals surface area contributed by atoms with Gasteiger partial charge in [-0.25, -0.2) is 8.42 Å². The van der Waals surface area contributed by atoms with Crippen molar-refractivity contribution in [1.82, 2.24) is 0 Å². The van der Waals surface area contributed by atoms with Gasteiger partial charge in [0.15, 0.2) is 0 Å². The van der Waals surface area contributed by atoms with E-state index in [2.05, 4.69) is 32.9 Å². The van der Waals surface area contributed by atoms with Crippen LogP contribution >= 0.6 is 28.1 Å². The van der Waals surface area contributed by atoms with Crippen molar-refractivity contribution in [3.63, 3.8) is 0 Å². The second-order valence-corrected chi connectivity index (χ2v) is 6.00. The Kier molecular flexibility index (Phi) is 4.06. The van der Waals surface area contributed by atoms with Gasteiger partial charge in [0.05, 0.1) is 4.99 Å². The van der Waals surface area contributed by atoms with Crippen LogP contribution in [0.15, 0.2) is 28.7 Å². The Morgan fingerprint density at radius 2 is 2.20 bits per heavy atom. The summed E-state index contributed by atoms with van der Waals surface area (Å²) in [5.41, 5.74) is 5.64. The lowest BCUT2D eigenvalue weighted by Crippen LogP contribution is -2.26. The van der Waals surface area contributed by atoms with E-state index in [-0.39, 0.29) is 10.7 Å². The second kappa shape index (κ2) is 4.91. The van der Waals surface area contributed by atoms with Gasteiger partial charge in [0.25, 0.3) is 0 Å². The smallest absolute Gasteiger partial charge is 0.239 e. The van der Waals surface area contributed by atoms with Crippen molar-refractivity contribution in [2.75, 3.05) is 10.5 Å². The number of thiocarbonyl (C=S) groups is 1. The van der Waals surface area contributed by atoms with E-state index < -0.39 is 10.0 Å². The van der Waals surface area contributed by atoms with E-state index in [9.17, 15) is 8.42 Å². The van der Waals surface area contributed by atoms with Gasteiger partial charge in [-0.1, -0.05) is 34.2 Å². The molecule has 0 radical (unpaired) electrons. The SMILES string of the molecule is NC(=S)CS(=O)(=O)Nc1cccc(Br)c1. The zero-order chi connectivity index (χ0) is 11.5. The lowest BCUT2D eigenvalue weighted by atomic mass is 10.3.